The highest BCUT2D eigenvalue weighted by atomic mass is 16.5. The number of hydrogen-bond donors (Lipinski definition) is 1. The van der Waals surface area contributed by atoms with Crippen LogP contribution >= 0.6 is 0 Å². The fourth-order valence-corrected chi connectivity index (χ4v) is 2.17. The predicted molar refractivity (Wildman–Crippen MR) is 88.7 cm³/mol. The number of ether oxygens (including phenoxy) is 1. The van der Waals surface area contributed by atoms with Gasteiger partial charge in [0.15, 0.2) is 0 Å². The smallest absolute Gasteiger partial charge is 0.138 e. The Balaban J connectivity index is 1.94. The molecule has 0 amide bonds. The average molecular weight is 299 g/mol. The molecule has 3 nitrogen and oxygen atoms in total. The highest BCUT2D eigenvalue weighted by molar-refractivity contribution is 5.26. The maximum atomic E-state index is 10.3. The molecule has 0 spiro atoms. The van der Waals surface area contributed by atoms with Crippen molar-refractivity contribution in [3.05, 3.63) is 59.9 Å². The van der Waals surface area contributed by atoms with Crippen molar-refractivity contribution in [2.45, 2.75) is 46.3 Å². The van der Waals surface area contributed by atoms with E-state index in [1.807, 2.05) is 36.4 Å². The molecule has 1 N–H and O–H groups in total. The van der Waals surface area contributed by atoms with Crippen molar-refractivity contribution in [3.63, 3.8) is 0 Å². The summed E-state index contributed by atoms with van der Waals surface area (Å²) in [5.74, 6) is 0.691. The molecule has 3 heteroatoms. The SMILES string of the molecule is CC(C)(C)CC[C@H](O)c1cncc(OCc2ccccc2)c1. The number of hydrogen-bond acceptors (Lipinski definition) is 3. The van der Waals surface area contributed by atoms with E-state index in [0.717, 1.165) is 24.0 Å². The fourth-order valence-electron chi connectivity index (χ4n) is 2.17. The zero-order valence-electron chi connectivity index (χ0n) is 13.6. The van der Waals surface area contributed by atoms with Crippen molar-refractivity contribution in [3.8, 4) is 5.75 Å². The second-order valence-corrected chi connectivity index (χ2v) is 6.84. The third kappa shape index (κ3) is 5.49. The molecule has 0 aliphatic carbocycles. The molecule has 0 aliphatic heterocycles. The molecule has 0 aliphatic rings. The van der Waals surface area contributed by atoms with Crippen molar-refractivity contribution in [1.29, 1.82) is 0 Å². The van der Waals surface area contributed by atoms with Gasteiger partial charge in [0.05, 0.1) is 12.3 Å². The van der Waals surface area contributed by atoms with Crippen LogP contribution in [0.3, 0.4) is 0 Å². The second-order valence-electron chi connectivity index (χ2n) is 6.84. The second kappa shape index (κ2) is 7.41. The van der Waals surface area contributed by atoms with E-state index in [-0.39, 0.29) is 5.41 Å². The quantitative estimate of drug-likeness (QED) is 0.852. The van der Waals surface area contributed by atoms with Gasteiger partial charge in [-0.15, -0.1) is 0 Å². The third-order valence-electron chi connectivity index (χ3n) is 3.54. The molecule has 0 bridgehead atoms. The standard InChI is InChI=1S/C19H25NO2/c1-19(2,3)10-9-18(21)16-11-17(13-20-12-16)22-14-15-7-5-4-6-8-15/h4-8,11-13,18,21H,9-10,14H2,1-3H3/t18-/m0/s1. The molecule has 0 radical (unpaired) electrons. The van der Waals surface area contributed by atoms with Crippen LogP contribution in [0.4, 0.5) is 0 Å². The molecule has 1 heterocycles. The molecule has 1 atom stereocenters. The molecule has 118 valence electrons. The average Bonchev–Trinajstić information content (AvgIpc) is 2.51. The summed E-state index contributed by atoms with van der Waals surface area (Å²) in [7, 11) is 0. The number of rotatable bonds is 6. The first-order chi connectivity index (χ1) is 10.4. The number of aromatic nitrogens is 1. The van der Waals surface area contributed by atoms with Crippen LogP contribution in [0.2, 0.25) is 0 Å². The topological polar surface area (TPSA) is 42.4 Å². The van der Waals surface area contributed by atoms with E-state index < -0.39 is 6.10 Å². The first-order valence-corrected chi connectivity index (χ1v) is 7.74. The van der Waals surface area contributed by atoms with E-state index in [1.165, 1.54) is 0 Å². The first kappa shape index (κ1) is 16.5. The maximum absolute atomic E-state index is 10.3. The van der Waals surface area contributed by atoms with Crippen LogP contribution in [0.1, 0.15) is 50.8 Å². The van der Waals surface area contributed by atoms with Gasteiger partial charge < -0.3 is 9.84 Å². The molecule has 0 saturated carbocycles. The summed E-state index contributed by atoms with van der Waals surface area (Å²) >= 11 is 0. The van der Waals surface area contributed by atoms with Crippen LogP contribution in [0, 0.1) is 5.41 Å². The van der Waals surface area contributed by atoms with Crippen LogP contribution < -0.4 is 4.74 Å². The summed E-state index contributed by atoms with van der Waals surface area (Å²) in [6, 6.07) is 11.9. The van der Waals surface area contributed by atoms with E-state index in [4.69, 9.17) is 4.74 Å². The van der Waals surface area contributed by atoms with Gasteiger partial charge in [-0.2, -0.15) is 0 Å². The third-order valence-corrected chi connectivity index (χ3v) is 3.54. The highest BCUT2D eigenvalue weighted by Crippen LogP contribution is 2.28. The highest BCUT2D eigenvalue weighted by Gasteiger charge is 2.15. The maximum Gasteiger partial charge on any atom is 0.138 e. The summed E-state index contributed by atoms with van der Waals surface area (Å²) in [5, 5.41) is 10.3. The molecule has 2 aromatic rings. The molecular formula is C19H25NO2. The van der Waals surface area contributed by atoms with Crippen molar-refractivity contribution >= 4 is 0 Å². The molecule has 2 rings (SSSR count). The van der Waals surface area contributed by atoms with Gasteiger partial charge in [-0.05, 0) is 29.9 Å². The Kier molecular flexibility index (Phi) is 5.56. The lowest BCUT2D eigenvalue weighted by atomic mass is 9.88. The van der Waals surface area contributed by atoms with Crippen molar-refractivity contribution in [2.24, 2.45) is 5.41 Å². The summed E-state index contributed by atoms with van der Waals surface area (Å²) in [4.78, 5) is 4.18. The minimum Gasteiger partial charge on any atom is -0.487 e. The van der Waals surface area contributed by atoms with Crippen molar-refractivity contribution < 1.29 is 9.84 Å². The fraction of sp³-hybridized carbons (Fsp3) is 0.421. The molecule has 22 heavy (non-hydrogen) atoms. The lowest BCUT2D eigenvalue weighted by Gasteiger charge is -2.20. The number of pyridine rings is 1. The summed E-state index contributed by atoms with van der Waals surface area (Å²) in [6.45, 7) is 7.04. The van der Waals surface area contributed by atoms with E-state index in [9.17, 15) is 5.11 Å². The van der Waals surface area contributed by atoms with Gasteiger partial charge >= 0.3 is 0 Å². The van der Waals surface area contributed by atoms with Crippen LogP contribution in [0.5, 0.6) is 5.75 Å². The molecule has 0 unspecified atom stereocenters. The summed E-state index contributed by atoms with van der Waals surface area (Å²) < 4.78 is 5.75. The van der Waals surface area contributed by atoms with Gasteiger partial charge in [-0.3, -0.25) is 4.98 Å². The largest absolute Gasteiger partial charge is 0.487 e. The number of benzene rings is 1. The van der Waals surface area contributed by atoms with Gasteiger partial charge in [0, 0.05) is 11.8 Å². The zero-order chi connectivity index (χ0) is 16.0. The minimum absolute atomic E-state index is 0.218. The van der Waals surface area contributed by atoms with Crippen LogP contribution in [-0.4, -0.2) is 10.1 Å². The van der Waals surface area contributed by atoms with E-state index in [0.29, 0.717) is 12.4 Å². The van der Waals surface area contributed by atoms with Gasteiger partial charge in [-0.25, -0.2) is 0 Å². The predicted octanol–water partition coefficient (Wildman–Crippen LogP) is 4.52. The number of nitrogens with zero attached hydrogens (tertiary/aromatic N) is 1. The Bertz CT molecular complexity index is 575. The Morgan fingerprint density at radius 3 is 2.55 bits per heavy atom. The normalized spacial score (nSPS) is 12.9. The Morgan fingerprint density at radius 2 is 1.86 bits per heavy atom. The Hall–Kier alpha value is -1.87. The number of aliphatic hydroxyl groups is 1. The van der Waals surface area contributed by atoms with Crippen molar-refractivity contribution in [1.82, 2.24) is 4.98 Å². The minimum atomic E-state index is -0.494. The van der Waals surface area contributed by atoms with Gasteiger partial charge in [0.1, 0.15) is 12.4 Å². The molecule has 1 aromatic carbocycles. The van der Waals surface area contributed by atoms with E-state index in [2.05, 4.69) is 25.8 Å². The lowest BCUT2D eigenvalue weighted by molar-refractivity contribution is 0.146. The van der Waals surface area contributed by atoms with Gasteiger partial charge in [-0.1, -0.05) is 51.1 Å². The molecule has 0 saturated heterocycles. The molecular weight excluding hydrogens is 274 g/mol. The van der Waals surface area contributed by atoms with Crippen LogP contribution in [-0.2, 0) is 6.61 Å². The zero-order valence-corrected chi connectivity index (χ0v) is 13.6. The Morgan fingerprint density at radius 1 is 1.14 bits per heavy atom. The van der Waals surface area contributed by atoms with Gasteiger partial charge in [0.25, 0.3) is 0 Å². The Labute approximate surface area is 133 Å². The van der Waals surface area contributed by atoms with E-state index in [1.54, 1.807) is 12.4 Å². The molecule has 1 aromatic heterocycles. The number of aliphatic hydroxyl groups excluding tert-OH is 1. The van der Waals surface area contributed by atoms with E-state index >= 15 is 0 Å². The van der Waals surface area contributed by atoms with Crippen molar-refractivity contribution in [2.75, 3.05) is 0 Å². The monoisotopic (exact) mass is 299 g/mol. The van der Waals surface area contributed by atoms with Crippen LogP contribution in [0.15, 0.2) is 48.8 Å². The van der Waals surface area contributed by atoms with Crippen LogP contribution in [0.25, 0.3) is 0 Å². The molecule has 0 fully saturated rings. The lowest BCUT2D eigenvalue weighted by Crippen LogP contribution is -2.08. The summed E-state index contributed by atoms with van der Waals surface area (Å²) in [6.07, 6.45) is 4.59. The summed E-state index contributed by atoms with van der Waals surface area (Å²) in [5.41, 5.74) is 2.14. The first-order valence-electron chi connectivity index (χ1n) is 7.74. The van der Waals surface area contributed by atoms with Gasteiger partial charge in [0.2, 0.25) is 0 Å².